The zero-order valence-corrected chi connectivity index (χ0v) is 14.1. The largest absolute Gasteiger partial charge is 0.493 e. The van der Waals surface area contributed by atoms with Crippen LogP contribution in [0.15, 0.2) is 22.7 Å². The Kier molecular flexibility index (Phi) is 4.10. The van der Waals surface area contributed by atoms with Crippen LogP contribution in [0.4, 0.5) is 5.69 Å². The lowest BCUT2D eigenvalue weighted by Crippen LogP contribution is -2.04. The molecule has 0 aliphatic carbocycles. The highest BCUT2D eigenvalue weighted by Gasteiger charge is 2.21. The number of carbonyl (C=O) groups excluding carboxylic acids is 1. The molecule has 1 aromatic carbocycles. The van der Waals surface area contributed by atoms with Crippen molar-refractivity contribution in [3.63, 3.8) is 0 Å². The second kappa shape index (κ2) is 5.57. The first-order valence-electron chi connectivity index (χ1n) is 6.65. The lowest BCUT2D eigenvalue weighted by Gasteiger charge is -2.10. The summed E-state index contributed by atoms with van der Waals surface area (Å²) in [4.78, 5) is 12.6. The SMILES string of the molecule is Cc1ccc(C(=O)c2cnn(C)c2O)c(C)c1N=S(C)(C)=O. The Morgan fingerprint density at radius 2 is 1.91 bits per heavy atom. The van der Waals surface area contributed by atoms with E-state index in [4.69, 9.17) is 0 Å². The average molecular weight is 321 g/mol. The number of carbonyl (C=O) groups is 1. The average Bonchev–Trinajstić information content (AvgIpc) is 2.73. The second-order valence-electron chi connectivity index (χ2n) is 5.51. The molecule has 1 aromatic heterocycles. The van der Waals surface area contributed by atoms with E-state index >= 15 is 0 Å². The minimum absolute atomic E-state index is 0.133. The molecule has 0 unspecified atom stereocenters. The van der Waals surface area contributed by atoms with Gasteiger partial charge in [0.05, 0.1) is 11.9 Å². The summed E-state index contributed by atoms with van der Waals surface area (Å²) in [6.07, 6.45) is 4.43. The van der Waals surface area contributed by atoms with Gasteiger partial charge in [0.2, 0.25) is 5.88 Å². The standard InChI is InChI=1S/C15H19N3O3S/c1-9-6-7-11(10(2)13(9)17-22(4,5)21)14(19)12-8-16-18(3)15(12)20/h6-8,20H,1-5H3. The number of benzene rings is 1. The van der Waals surface area contributed by atoms with Gasteiger partial charge in [-0.1, -0.05) is 12.1 Å². The Balaban J connectivity index is 2.63. The molecule has 0 atom stereocenters. The van der Waals surface area contributed by atoms with Crippen LogP contribution < -0.4 is 0 Å². The monoisotopic (exact) mass is 321 g/mol. The highest BCUT2D eigenvalue weighted by atomic mass is 32.2. The van der Waals surface area contributed by atoms with E-state index in [1.165, 1.54) is 10.9 Å². The van der Waals surface area contributed by atoms with Gasteiger partial charge in [-0.2, -0.15) is 9.46 Å². The highest BCUT2D eigenvalue weighted by molar-refractivity contribution is 7.92. The third kappa shape index (κ3) is 3.04. The molecule has 0 fully saturated rings. The topological polar surface area (TPSA) is 84.6 Å². The molecule has 0 amide bonds. The van der Waals surface area contributed by atoms with E-state index in [0.29, 0.717) is 16.8 Å². The summed E-state index contributed by atoms with van der Waals surface area (Å²) in [6, 6.07) is 3.45. The van der Waals surface area contributed by atoms with E-state index in [1.807, 2.05) is 6.92 Å². The molecule has 22 heavy (non-hydrogen) atoms. The maximum atomic E-state index is 12.6. The Morgan fingerprint density at radius 3 is 2.41 bits per heavy atom. The summed E-state index contributed by atoms with van der Waals surface area (Å²) in [6.45, 7) is 3.62. The van der Waals surface area contributed by atoms with Crippen molar-refractivity contribution in [3.8, 4) is 5.88 Å². The quantitative estimate of drug-likeness (QED) is 0.879. The molecule has 0 aliphatic heterocycles. The fourth-order valence-electron chi connectivity index (χ4n) is 2.18. The fourth-order valence-corrected chi connectivity index (χ4v) is 2.90. The molecule has 118 valence electrons. The van der Waals surface area contributed by atoms with Gasteiger partial charge >= 0.3 is 0 Å². The van der Waals surface area contributed by atoms with Gasteiger partial charge in [-0.25, -0.2) is 8.89 Å². The molecule has 0 bridgehead atoms. The fraction of sp³-hybridized carbons (Fsp3) is 0.333. The summed E-state index contributed by atoms with van der Waals surface area (Å²) in [7, 11) is -0.782. The van der Waals surface area contributed by atoms with Gasteiger partial charge in [-0.15, -0.1) is 0 Å². The molecule has 6 nitrogen and oxygen atoms in total. The summed E-state index contributed by atoms with van der Waals surface area (Å²) >= 11 is 0. The lowest BCUT2D eigenvalue weighted by atomic mass is 9.97. The number of hydrogen-bond donors (Lipinski definition) is 1. The summed E-state index contributed by atoms with van der Waals surface area (Å²) in [5, 5.41) is 13.7. The van der Waals surface area contributed by atoms with E-state index in [2.05, 4.69) is 9.46 Å². The minimum Gasteiger partial charge on any atom is -0.493 e. The molecular formula is C15H19N3O3S. The van der Waals surface area contributed by atoms with Crippen LogP contribution >= 0.6 is 0 Å². The number of aromatic hydroxyl groups is 1. The molecule has 0 radical (unpaired) electrons. The van der Waals surface area contributed by atoms with Gasteiger partial charge in [-0.05, 0) is 25.0 Å². The van der Waals surface area contributed by atoms with Gasteiger partial charge in [0.1, 0.15) is 5.56 Å². The Morgan fingerprint density at radius 1 is 1.27 bits per heavy atom. The molecule has 0 saturated carbocycles. The molecule has 0 saturated heterocycles. The van der Waals surface area contributed by atoms with Crippen LogP contribution in [-0.2, 0) is 16.8 Å². The van der Waals surface area contributed by atoms with Crippen molar-refractivity contribution in [1.29, 1.82) is 0 Å². The van der Waals surface area contributed by atoms with Crippen LogP contribution in [0.2, 0.25) is 0 Å². The predicted molar refractivity (Wildman–Crippen MR) is 86.3 cm³/mol. The number of rotatable bonds is 3. The maximum Gasteiger partial charge on any atom is 0.220 e. The second-order valence-corrected chi connectivity index (χ2v) is 8.06. The molecular weight excluding hydrogens is 302 g/mol. The van der Waals surface area contributed by atoms with Crippen LogP contribution in [0.25, 0.3) is 0 Å². The van der Waals surface area contributed by atoms with Crippen molar-refractivity contribution in [2.45, 2.75) is 13.8 Å². The number of nitrogens with zero attached hydrogens (tertiary/aromatic N) is 3. The molecule has 2 aromatic rings. The van der Waals surface area contributed by atoms with E-state index < -0.39 is 9.73 Å². The smallest absolute Gasteiger partial charge is 0.220 e. The number of hydrogen-bond acceptors (Lipinski definition) is 5. The number of aromatic nitrogens is 2. The van der Waals surface area contributed by atoms with Crippen molar-refractivity contribution in [2.24, 2.45) is 11.4 Å². The van der Waals surface area contributed by atoms with Crippen molar-refractivity contribution < 1.29 is 14.1 Å². The maximum absolute atomic E-state index is 12.6. The normalized spacial score (nSPS) is 11.5. The third-order valence-corrected chi connectivity index (χ3v) is 3.96. The van der Waals surface area contributed by atoms with Crippen molar-refractivity contribution in [1.82, 2.24) is 9.78 Å². The first kappa shape index (κ1) is 16.2. The molecule has 1 heterocycles. The highest BCUT2D eigenvalue weighted by Crippen LogP contribution is 2.30. The summed E-state index contributed by atoms with van der Waals surface area (Å²) in [5.41, 5.74) is 2.60. The van der Waals surface area contributed by atoms with Gasteiger partial charge in [0.25, 0.3) is 0 Å². The molecule has 0 spiro atoms. The van der Waals surface area contributed by atoms with Crippen molar-refractivity contribution >= 4 is 21.2 Å². The molecule has 2 rings (SSSR count). The zero-order valence-electron chi connectivity index (χ0n) is 13.2. The molecule has 7 heteroatoms. The minimum atomic E-state index is -2.34. The van der Waals surface area contributed by atoms with Gasteiger partial charge in [-0.3, -0.25) is 4.79 Å². The van der Waals surface area contributed by atoms with E-state index in [-0.39, 0.29) is 17.2 Å². The molecule has 1 N–H and O–H groups in total. The van der Waals surface area contributed by atoms with Crippen LogP contribution in [0.3, 0.4) is 0 Å². The molecule has 0 aliphatic rings. The van der Waals surface area contributed by atoms with Crippen LogP contribution in [0, 0.1) is 13.8 Å². The number of aryl methyl sites for hydroxylation is 2. The van der Waals surface area contributed by atoms with E-state index in [1.54, 1.807) is 38.6 Å². The summed E-state index contributed by atoms with van der Waals surface area (Å²) in [5.74, 6) is -0.517. The number of ketones is 1. The van der Waals surface area contributed by atoms with Gasteiger partial charge in [0, 0.05) is 34.9 Å². The van der Waals surface area contributed by atoms with Crippen molar-refractivity contribution in [2.75, 3.05) is 12.5 Å². The van der Waals surface area contributed by atoms with E-state index in [0.717, 1.165) is 5.56 Å². The van der Waals surface area contributed by atoms with Gasteiger partial charge < -0.3 is 5.11 Å². The zero-order chi connectivity index (χ0) is 16.7. The lowest BCUT2D eigenvalue weighted by molar-refractivity contribution is 0.103. The van der Waals surface area contributed by atoms with Crippen LogP contribution in [0.1, 0.15) is 27.0 Å². The first-order chi connectivity index (χ1) is 10.1. The first-order valence-corrected chi connectivity index (χ1v) is 8.98. The van der Waals surface area contributed by atoms with E-state index in [9.17, 15) is 14.1 Å². The summed E-state index contributed by atoms with van der Waals surface area (Å²) < 4.78 is 17.4. The van der Waals surface area contributed by atoms with Crippen LogP contribution in [0.5, 0.6) is 5.88 Å². The Hall–Kier alpha value is -2.15. The van der Waals surface area contributed by atoms with Crippen LogP contribution in [-0.4, -0.2) is 37.4 Å². The Bertz CT molecular complexity index is 866. The van der Waals surface area contributed by atoms with Gasteiger partial charge in [0.15, 0.2) is 5.78 Å². The predicted octanol–water partition coefficient (Wildman–Crippen LogP) is 2.33. The third-order valence-electron chi connectivity index (χ3n) is 3.34. The Labute approximate surface area is 130 Å². The van der Waals surface area contributed by atoms with Crippen molar-refractivity contribution in [3.05, 3.63) is 40.6 Å².